The SMILES string of the molecule is CCO.CCOCC1NCCNC1=O.Cl. The lowest BCUT2D eigenvalue weighted by molar-refractivity contribution is -0.125. The second-order valence-electron chi connectivity index (χ2n) is 2.77. The van der Waals surface area contributed by atoms with Gasteiger partial charge in [-0.05, 0) is 13.8 Å². The molecule has 6 heteroatoms. The van der Waals surface area contributed by atoms with Gasteiger partial charge in [-0.1, -0.05) is 0 Å². The normalized spacial score (nSPS) is 19.4. The van der Waals surface area contributed by atoms with E-state index >= 15 is 0 Å². The summed E-state index contributed by atoms with van der Waals surface area (Å²) in [6, 6.07) is -0.149. The highest BCUT2D eigenvalue weighted by atomic mass is 35.5. The molecule has 0 aromatic heterocycles. The molecule has 0 aromatic rings. The summed E-state index contributed by atoms with van der Waals surface area (Å²) in [7, 11) is 0. The Morgan fingerprint density at radius 3 is 2.53 bits per heavy atom. The average molecular weight is 241 g/mol. The molecular weight excluding hydrogens is 220 g/mol. The maximum Gasteiger partial charge on any atom is 0.239 e. The maximum atomic E-state index is 11.0. The van der Waals surface area contributed by atoms with E-state index in [2.05, 4.69) is 10.6 Å². The summed E-state index contributed by atoms with van der Waals surface area (Å²) in [6.45, 7) is 6.54. The number of aliphatic hydroxyl groups is 1. The standard InChI is InChI=1S/C7H14N2O2.C2H6O.ClH/c1-2-11-5-6-7(10)9-4-3-8-6;1-2-3;/h6,8H,2-5H2,1H3,(H,9,10);3H,2H2,1H3;1H. The lowest BCUT2D eigenvalue weighted by atomic mass is 10.2. The fourth-order valence-electron chi connectivity index (χ4n) is 1.02. The molecule has 1 fully saturated rings. The van der Waals surface area contributed by atoms with Crippen LogP contribution in [0.15, 0.2) is 0 Å². The van der Waals surface area contributed by atoms with Gasteiger partial charge in [0, 0.05) is 26.3 Å². The highest BCUT2D eigenvalue weighted by molar-refractivity contribution is 5.85. The summed E-state index contributed by atoms with van der Waals surface area (Å²) in [5.74, 6) is 0.0460. The Balaban J connectivity index is 0. The van der Waals surface area contributed by atoms with Gasteiger partial charge in [0.25, 0.3) is 0 Å². The van der Waals surface area contributed by atoms with Gasteiger partial charge in [-0.2, -0.15) is 0 Å². The zero-order valence-electron chi connectivity index (χ0n) is 9.28. The third-order valence-electron chi connectivity index (χ3n) is 1.62. The summed E-state index contributed by atoms with van der Waals surface area (Å²) >= 11 is 0. The lowest BCUT2D eigenvalue weighted by Gasteiger charge is -2.22. The zero-order chi connectivity index (χ0) is 10.8. The molecule has 0 saturated carbocycles. The molecule has 0 spiro atoms. The van der Waals surface area contributed by atoms with Crippen LogP contribution < -0.4 is 10.6 Å². The molecule has 0 bridgehead atoms. The van der Waals surface area contributed by atoms with Crippen molar-refractivity contribution in [3.63, 3.8) is 0 Å². The van der Waals surface area contributed by atoms with Crippen LogP contribution in [-0.4, -0.2) is 50.0 Å². The largest absolute Gasteiger partial charge is 0.397 e. The molecule has 0 aliphatic carbocycles. The van der Waals surface area contributed by atoms with E-state index in [0.717, 1.165) is 13.1 Å². The molecule has 92 valence electrons. The van der Waals surface area contributed by atoms with Crippen molar-refractivity contribution in [2.75, 3.05) is 32.9 Å². The van der Waals surface area contributed by atoms with Crippen molar-refractivity contribution in [2.24, 2.45) is 0 Å². The molecular formula is C9H21ClN2O3. The van der Waals surface area contributed by atoms with Crippen molar-refractivity contribution in [3.05, 3.63) is 0 Å². The average Bonchev–Trinajstić information content (AvgIpc) is 2.18. The van der Waals surface area contributed by atoms with Gasteiger partial charge in [0.05, 0.1) is 6.61 Å². The molecule has 1 amide bonds. The van der Waals surface area contributed by atoms with Gasteiger partial charge in [0.2, 0.25) is 5.91 Å². The van der Waals surface area contributed by atoms with E-state index in [4.69, 9.17) is 9.84 Å². The number of carbonyl (C=O) groups is 1. The van der Waals surface area contributed by atoms with Gasteiger partial charge in [-0.3, -0.25) is 4.79 Å². The summed E-state index contributed by atoms with van der Waals surface area (Å²) < 4.78 is 5.12. The molecule has 1 aliphatic rings. The number of rotatable bonds is 3. The molecule has 1 heterocycles. The second-order valence-corrected chi connectivity index (χ2v) is 2.77. The van der Waals surface area contributed by atoms with Crippen molar-refractivity contribution in [2.45, 2.75) is 19.9 Å². The van der Waals surface area contributed by atoms with Crippen molar-refractivity contribution in [3.8, 4) is 0 Å². The molecule has 1 aliphatic heterocycles. The molecule has 3 N–H and O–H groups in total. The molecule has 1 rings (SSSR count). The van der Waals surface area contributed by atoms with Crippen molar-refractivity contribution < 1.29 is 14.6 Å². The van der Waals surface area contributed by atoms with E-state index in [-0.39, 0.29) is 31.0 Å². The van der Waals surface area contributed by atoms with Gasteiger partial charge in [-0.15, -0.1) is 12.4 Å². The first-order valence-corrected chi connectivity index (χ1v) is 4.95. The Hall–Kier alpha value is -0.360. The van der Waals surface area contributed by atoms with Crippen LogP contribution in [0.1, 0.15) is 13.8 Å². The quantitative estimate of drug-likeness (QED) is 0.624. The van der Waals surface area contributed by atoms with Crippen molar-refractivity contribution in [1.82, 2.24) is 10.6 Å². The zero-order valence-corrected chi connectivity index (χ0v) is 10.1. The monoisotopic (exact) mass is 240 g/mol. The third-order valence-corrected chi connectivity index (χ3v) is 1.62. The first-order chi connectivity index (χ1) is 6.76. The number of hydrogen-bond acceptors (Lipinski definition) is 4. The highest BCUT2D eigenvalue weighted by Crippen LogP contribution is 1.90. The van der Waals surface area contributed by atoms with Gasteiger partial charge >= 0.3 is 0 Å². The number of nitrogens with one attached hydrogen (secondary N) is 2. The summed E-state index contributed by atoms with van der Waals surface area (Å²) in [4.78, 5) is 11.0. The van der Waals surface area contributed by atoms with Gasteiger partial charge in [-0.25, -0.2) is 0 Å². The number of hydrogen-bond donors (Lipinski definition) is 3. The number of carbonyl (C=O) groups excluding carboxylic acids is 1. The first kappa shape index (κ1) is 17.0. The number of ether oxygens (including phenoxy) is 1. The van der Waals surface area contributed by atoms with Crippen molar-refractivity contribution in [1.29, 1.82) is 0 Å². The topological polar surface area (TPSA) is 70.6 Å². The minimum Gasteiger partial charge on any atom is -0.397 e. The Bertz CT molecular complexity index is 158. The van der Waals surface area contributed by atoms with Crippen LogP contribution >= 0.6 is 12.4 Å². The number of piperazine rings is 1. The van der Waals surface area contributed by atoms with Crippen LogP contribution in [0.3, 0.4) is 0 Å². The van der Waals surface area contributed by atoms with E-state index in [0.29, 0.717) is 13.2 Å². The number of aliphatic hydroxyl groups excluding tert-OH is 1. The Morgan fingerprint density at radius 1 is 1.47 bits per heavy atom. The van der Waals surface area contributed by atoms with E-state index < -0.39 is 0 Å². The lowest BCUT2D eigenvalue weighted by Crippen LogP contribution is -2.54. The fourth-order valence-corrected chi connectivity index (χ4v) is 1.02. The third kappa shape index (κ3) is 8.62. The summed E-state index contributed by atoms with van der Waals surface area (Å²) in [5.41, 5.74) is 0. The van der Waals surface area contributed by atoms with Crippen molar-refractivity contribution >= 4 is 18.3 Å². The van der Waals surface area contributed by atoms with Crippen LogP contribution in [0.2, 0.25) is 0 Å². The van der Waals surface area contributed by atoms with Gasteiger partial charge in [0.1, 0.15) is 6.04 Å². The van der Waals surface area contributed by atoms with Crippen LogP contribution in [0.5, 0.6) is 0 Å². The van der Waals surface area contributed by atoms with Gasteiger partial charge in [0.15, 0.2) is 0 Å². The highest BCUT2D eigenvalue weighted by Gasteiger charge is 2.20. The molecule has 0 radical (unpaired) electrons. The van der Waals surface area contributed by atoms with Crippen LogP contribution in [0, 0.1) is 0 Å². The first-order valence-electron chi connectivity index (χ1n) is 4.95. The van der Waals surface area contributed by atoms with Gasteiger partial charge < -0.3 is 20.5 Å². The molecule has 0 aromatic carbocycles. The smallest absolute Gasteiger partial charge is 0.239 e. The molecule has 1 atom stereocenters. The minimum atomic E-state index is -0.149. The summed E-state index contributed by atoms with van der Waals surface area (Å²) in [6.07, 6.45) is 0. The number of halogens is 1. The Kier molecular flexibility index (Phi) is 13.3. The predicted molar refractivity (Wildman–Crippen MR) is 61.3 cm³/mol. The Labute approximate surface area is 97.0 Å². The van der Waals surface area contributed by atoms with E-state index in [1.54, 1.807) is 6.92 Å². The minimum absolute atomic E-state index is 0. The van der Waals surface area contributed by atoms with Crippen LogP contribution in [-0.2, 0) is 9.53 Å². The van der Waals surface area contributed by atoms with E-state index in [1.807, 2.05) is 6.92 Å². The molecule has 1 saturated heterocycles. The maximum absolute atomic E-state index is 11.0. The van der Waals surface area contributed by atoms with E-state index in [1.165, 1.54) is 0 Å². The Morgan fingerprint density at radius 2 is 2.07 bits per heavy atom. The van der Waals surface area contributed by atoms with Crippen LogP contribution in [0.25, 0.3) is 0 Å². The summed E-state index contributed by atoms with van der Waals surface area (Å²) in [5, 5.41) is 13.4. The predicted octanol–water partition coefficient (Wildman–Crippen LogP) is -0.469. The fraction of sp³-hybridized carbons (Fsp3) is 0.889. The number of amides is 1. The van der Waals surface area contributed by atoms with Crippen LogP contribution in [0.4, 0.5) is 0 Å². The molecule has 15 heavy (non-hydrogen) atoms. The molecule has 5 nitrogen and oxygen atoms in total. The van der Waals surface area contributed by atoms with E-state index in [9.17, 15) is 4.79 Å². The second kappa shape index (κ2) is 11.7. The molecule has 1 unspecified atom stereocenters.